The lowest BCUT2D eigenvalue weighted by atomic mass is 9.78. The number of nitro groups is 1. The smallest absolute Gasteiger partial charge is 0.497 e. The van der Waals surface area contributed by atoms with Gasteiger partial charge in [0, 0.05) is 25.2 Å². The van der Waals surface area contributed by atoms with Crippen molar-refractivity contribution >= 4 is 49.0 Å². The minimum atomic E-state index is -4.30. The van der Waals surface area contributed by atoms with Crippen molar-refractivity contribution in [3.63, 3.8) is 0 Å². The highest BCUT2D eigenvalue weighted by atomic mass is 32.2. The molecule has 2 aromatic carbocycles. The average Bonchev–Trinajstić information content (AvgIpc) is 2.94. The molecule has 15 heteroatoms. The molecule has 1 aliphatic heterocycles. The number of hydrogen-bond donors (Lipinski definition) is 1. The first kappa shape index (κ1) is 34.9. The van der Waals surface area contributed by atoms with E-state index in [1.54, 1.807) is 0 Å². The van der Waals surface area contributed by atoms with Crippen LogP contribution in [-0.4, -0.2) is 79.0 Å². The Labute approximate surface area is 260 Å². The second-order valence-electron chi connectivity index (χ2n) is 11.5. The van der Waals surface area contributed by atoms with Gasteiger partial charge in [-0.25, -0.2) is 8.42 Å². The van der Waals surface area contributed by atoms with Crippen LogP contribution in [0.5, 0.6) is 0 Å². The van der Waals surface area contributed by atoms with Crippen LogP contribution in [-0.2, 0) is 33.3 Å². The Bertz CT molecular complexity index is 1440. The summed E-state index contributed by atoms with van der Waals surface area (Å²) in [6, 6.07) is 14.5. The van der Waals surface area contributed by atoms with Crippen LogP contribution in [0.2, 0.25) is 5.04 Å². The van der Waals surface area contributed by atoms with E-state index in [2.05, 4.69) is 49.5 Å². The van der Waals surface area contributed by atoms with Crippen LogP contribution < -0.4 is 9.91 Å². The molecule has 1 saturated heterocycles. The first-order valence-corrected chi connectivity index (χ1v) is 17.4. The van der Waals surface area contributed by atoms with Gasteiger partial charge in [0.1, 0.15) is 5.94 Å². The second kappa shape index (κ2) is 16.0. The molecular weight excluding hydrogens is 605 g/mol. The van der Waals surface area contributed by atoms with Crippen molar-refractivity contribution in [3.05, 3.63) is 64.7 Å². The van der Waals surface area contributed by atoms with Gasteiger partial charge in [0.05, 0.1) is 22.9 Å². The van der Waals surface area contributed by atoms with Gasteiger partial charge >= 0.3 is 19.1 Å². The van der Waals surface area contributed by atoms with E-state index in [9.17, 15) is 28.1 Å². The van der Waals surface area contributed by atoms with Gasteiger partial charge in [0.25, 0.3) is 5.69 Å². The number of nitrogens with one attached hydrogen (secondary N) is 1. The molecule has 3 rings (SSSR count). The number of rotatable bonds is 12. The van der Waals surface area contributed by atoms with E-state index < -0.39 is 49.0 Å². The predicted octanol–water partition coefficient (Wildman–Crippen LogP) is 2.31. The Morgan fingerprint density at radius 3 is 2.23 bits per heavy atom. The molecule has 0 saturated carbocycles. The fourth-order valence-corrected chi connectivity index (χ4v) is 8.28. The standard InChI is InChI=1S/C29H38BN3O9SSi/c1-29(2,3)44(25-13-9-8-10-14-25)40-20-12-7-5-6-11-15-26(30-41-27(34)21-32(4)22-28(35)42-30)31-43(38,39)24-18-16-23(17-19-24)33(36)37/h8-10,13-14,16-19,26,31,44H,5-7,12,20-22H2,1-4H3. The Kier molecular flexibility index (Phi) is 12.7. The molecule has 44 heavy (non-hydrogen) atoms. The zero-order valence-electron chi connectivity index (χ0n) is 25.4. The Morgan fingerprint density at radius 2 is 1.66 bits per heavy atom. The summed E-state index contributed by atoms with van der Waals surface area (Å²) >= 11 is 0. The molecule has 236 valence electrons. The van der Waals surface area contributed by atoms with Gasteiger partial charge in [-0.1, -0.05) is 63.4 Å². The molecule has 2 atom stereocenters. The van der Waals surface area contributed by atoms with Gasteiger partial charge in [-0.05, 0) is 42.2 Å². The first-order valence-electron chi connectivity index (χ1n) is 14.3. The molecule has 2 unspecified atom stereocenters. The third kappa shape index (κ3) is 10.9. The van der Waals surface area contributed by atoms with Crippen LogP contribution in [0.4, 0.5) is 5.69 Å². The zero-order valence-corrected chi connectivity index (χ0v) is 27.3. The van der Waals surface area contributed by atoms with Crippen LogP contribution >= 0.6 is 0 Å². The van der Waals surface area contributed by atoms with Crippen molar-refractivity contribution in [1.29, 1.82) is 0 Å². The van der Waals surface area contributed by atoms with Crippen molar-refractivity contribution in [3.8, 4) is 11.8 Å². The Hall–Kier alpha value is -3.55. The van der Waals surface area contributed by atoms with Crippen molar-refractivity contribution in [2.45, 2.75) is 62.3 Å². The largest absolute Gasteiger partial charge is 0.631 e. The van der Waals surface area contributed by atoms with E-state index in [4.69, 9.17) is 13.7 Å². The minimum Gasteiger partial charge on any atom is -0.497 e. The molecule has 0 spiro atoms. The summed E-state index contributed by atoms with van der Waals surface area (Å²) in [6.45, 7) is 6.81. The average molecular weight is 644 g/mol. The maximum Gasteiger partial charge on any atom is 0.631 e. The third-order valence-corrected chi connectivity index (χ3v) is 11.2. The maximum absolute atomic E-state index is 13.1. The van der Waals surface area contributed by atoms with Crippen molar-refractivity contribution in [2.75, 3.05) is 26.7 Å². The SMILES string of the molecule is CN1CC(=O)OB(C(C#CCCCCCO[SiH](c2ccccc2)C(C)(C)C)NS(=O)(=O)c2ccc([N+](=O)[O-])cc2)OC(=O)C1. The van der Waals surface area contributed by atoms with Crippen LogP contribution in [0.3, 0.4) is 0 Å². The number of sulfonamides is 1. The highest BCUT2D eigenvalue weighted by Crippen LogP contribution is 2.27. The molecule has 0 aromatic heterocycles. The summed E-state index contributed by atoms with van der Waals surface area (Å²) in [5.41, 5.74) is -0.283. The number of unbranched alkanes of at least 4 members (excludes halogenated alkanes) is 3. The number of carbonyl (C=O) groups is 2. The Balaban J connectivity index is 1.65. The van der Waals surface area contributed by atoms with Gasteiger partial charge < -0.3 is 13.7 Å². The molecule has 0 amide bonds. The van der Waals surface area contributed by atoms with Gasteiger partial charge in [0.15, 0.2) is 0 Å². The van der Waals surface area contributed by atoms with Gasteiger partial charge in [-0.2, -0.15) is 4.72 Å². The molecule has 2 aromatic rings. The van der Waals surface area contributed by atoms with E-state index in [1.165, 1.54) is 17.1 Å². The number of nitro benzene ring substituents is 1. The van der Waals surface area contributed by atoms with E-state index in [0.717, 1.165) is 37.1 Å². The predicted molar refractivity (Wildman–Crippen MR) is 168 cm³/mol. The monoisotopic (exact) mass is 643 g/mol. The molecule has 1 heterocycles. The molecule has 0 aliphatic carbocycles. The van der Waals surface area contributed by atoms with E-state index in [-0.39, 0.29) is 28.7 Å². The fraction of sp³-hybridized carbons (Fsp3) is 0.448. The summed E-state index contributed by atoms with van der Waals surface area (Å²) < 4.78 is 45.5. The Morgan fingerprint density at radius 1 is 1.05 bits per heavy atom. The molecule has 1 N–H and O–H groups in total. The number of non-ortho nitro benzene ring substituents is 1. The maximum atomic E-state index is 13.1. The lowest BCUT2D eigenvalue weighted by Gasteiger charge is -2.29. The molecule has 0 radical (unpaired) electrons. The van der Waals surface area contributed by atoms with Crippen LogP contribution in [0.15, 0.2) is 59.5 Å². The van der Waals surface area contributed by atoms with Crippen molar-refractivity contribution in [1.82, 2.24) is 9.62 Å². The minimum absolute atomic E-state index is 0.0585. The lowest BCUT2D eigenvalue weighted by Crippen LogP contribution is -2.53. The summed E-state index contributed by atoms with van der Waals surface area (Å²) in [7, 11) is -6.05. The van der Waals surface area contributed by atoms with Crippen molar-refractivity contribution < 1.29 is 36.7 Å². The molecule has 12 nitrogen and oxygen atoms in total. The number of carbonyl (C=O) groups excluding carboxylic acids is 2. The van der Waals surface area contributed by atoms with Crippen LogP contribution in [0.25, 0.3) is 0 Å². The molecule has 1 aliphatic rings. The number of nitrogens with zero attached hydrogens (tertiary/aromatic N) is 2. The topological polar surface area (TPSA) is 154 Å². The van der Waals surface area contributed by atoms with Gasteiger partial charge in [-0.15, -0.1) is 5.92 Å². The van der Waals surface area contributed by atoms with Crippen LogP contribution in [0.1, 0.15) is 46.5 Å². The highest BCUT2D eigenvalue weighted by Gasteiger charge is 2.41. The lowest BCUT2D eigenvalue weighted by molar-refractivity contribution is -0.384. The summed E-state index contributed by atoms with van der Waals surface area (Å²) in [4.78, 5) is 36.1. The number of benzene rings is 2. The van der Waals surface area contributed by atoms with E-state index >= 15 is 0 Å². The van der Waals surface area contributed by atoms with E-state index in [1.807, 2.05) is 18.2 Å². The fourth-order valence-electron chi connectivity index (χ4n) is 4.48. The quantitative estimate of drug-likeness (QED) is 0.120. The highest BCUT2D eigenvalue weighted by molar-refractivity contribution is 7.89. The van der Waals surface area contributed by atoms with Crippen LogP contribution in [0, 0.1) is 22.0 Å². The first-order chi connectivity index (χ1) is 20.8. The van der Waals surface area contributed by atoms with E-state index in [0.29, 0.717) is 19.4 Å². The molecule has 0 bridgehead atoms. The molecular formula is C29H38BN3O9SSi. The van der Waals surface area contributed by atoms with Gasteiger partial charge in [-0.3, -0.25) is 24.6 Å². The summed E-state index contributed by atoms with van der Waals surface area (Å²) in [6.07, 6.45) is 2.77. The molecule has 1 fully saturated rings. The zero-order chi connectivity index (χ0) is 32.3. The number of hydrogen-bond acceptors (Lipinski definition) is 10. The van der Waals surface area contributed by atoms with Gasteiger partial charge in [0.2, 0.25) is 19.1 Å². The number of likely N-dealkylation sites (N-methyl/N-ethyl adjacent to an activating group) is 1. The summed E-state index contributed by atoms with van der Waals surface area (Å²) in [5.74, 6) is 2.81. The van der Waals surface area contributed by atoms with Crippen molar-refractivity contribution in [2.24, 2.45) is 0 Å². The third-order valence-electron chi connectivity index (χ3n) is 6.58. The normalized spacial score (nSPS) is 16.0. The second-order valence-corrected chi connectivity index (χ2v) is 16.7. The summed E-state index contributed by atoms with van der Waals surface area (Å²) in [5, 5.41) is 12.3.